The molecule has 2 N–H and O–H groups in total. The summed E-state index contributed by atoms with van der Waals surface area (Å²) < 4.78 is 32.0. The predicted octanol–water partition coefficient (Wildman–Crippen LogP) is 2.57. The zero-order valence-corrected chi connectivity index (χ0v) is 16.8. The lowest BCUT2D eigenvalue weighted by Gasteiger charge is -2.17. The molecule has 1 aliphatic heterocycles. The lowest BCUT2D eigenvalue weighted by Crippen LogP contribution is -2.29. The summed E-state index contributed by atoms with van der Waals surface area (Å²) in [5.74, 6) is -1.33. The van der Waals surface area contributed by atoms with Gasteiger partial charge in [0.2, 0.25) is 0 Å². The van der Waals surface area contributed by atoms with Gasteiger partial charge in [0.05, 0.1) is 17.9 Å². The molecule has 3 aromatic rings. The summed E-state index contributed by atoms with van der Waals surface area (Å²) in [6.07, 6.45) is 0. The Labute approximate surface area is 172 Å². The molecule has 154 valence electrons. The predicted molar refractivity (Wildman–Crippen MR) is 111 cm³/mol. The van der Waals surface area contributed by atoms with Crippen LogP contribution in [0.3, 0.4) is 0 Å². The fraction of sp³-hybridized carbons (Fsp3) is 0.143. The van der Waals surface area contributed by atoms with Crippen molar-refractivity contribution in [1.82, 2.24) is 4.72 Å². The molecule has 1 heterocycles. The number of anilines is 1. The van der Waals surface area contributed by atoms with Gasteiger partial charge in [0.15, 0.2) is 0 Å². The lowest BCUT2D eigenvalue weighted by molar-refractivity contribution is -0.117. The number of rotatable bonds is 4. The molecule has 0 unspecified atom stereocenters. The standard InChI is InChI=1S/C21H18N2O6S/c1-2-29-21(26)16-5-3-4-13(8-16)14-6-7-15-11-19(24)18(10-17(15)9-14)23-12-20(25)22-30(23,27)28/h3-11,24H,2,12H2,1H3,(H,22,25). The first-order valence-electron chi connectivity index (χ1n) is 9.16. The number of hydrogen-bond donors (Lipinski definition) is 2. The van der Waals surface area contributed by atoms with Crippen molar-refractivity contribution in [2.45, 2.75) is 6.92 Å². The van der Waals surface area contributed by atoms with Crippen LogP contribution >= 0.6 is 0 Å². The van der Waals surface area contributed by atoms with Gasteiger partial charge in [-0.15, -0.1) is 0 Å². The second kappa shape index (κ2) is 7.34. The summed E-state index contributed by atoms with van der Waals surface area (Å²) in [6.45, 7) is 1.62. The first-order valence-corrected chi connectivity index (χ1v) is 10.6. The number of fused-ring (bicyclic) bond motifs is 1. The highest BCUT2D eigenvalue weighted by atomic mass is 32.2. The van der Waals surface area contributed by atoms with Crippen LogP contribution in [0.5, 0.6) is 5.75 Å². The molecule has 0 aliphatic carbocycles. The lowest BCUT2D eigenvalue weighted by atomic mass is 9.99. The average molecular weight is 426 g/mol. The maximum Gasteiger partial charge on any atom is 0.338 e. The Hall–Kier alpha value is -3.59. The third kappa shape index (κ3) is 3.55. The van der Waals surface area contributed by atoms with E-state index in [9.17, 15) is 23.1 Å². The fourth-order valence-corrected chi connectivity index (χ4v) is 4.51. The minimum atomic E-state index is -4.04. The van der Waals surface area contributed by atoms with Gasteiger partial charge in [-0.05, 0) is 59.2 Å². The molecule has 1 aliphatic rings. The van der Waals surface area contributed by atoms with E-state index in [2.05, 4.69) is 0 Å². The van der Waals surface area contributed by atoms with Gasteiger partial charge in [-0.1, -0.05) is 24.3 Å². The van der Waals surface area contributed by atoms with Crippen molar-refractivity contribution in [3.63, 3.8) is 0 Å². The molecule has 8 nitrogen and oxygen atoms in total. The van der Waals surface area contributed by atoms with Crippen molar-refractivity contribution in [1.29, 1.82) is 0 Å². The number of amides is 1. The second-order valence-corrected chi connectivity index (χ2v) is 8.34. The third-order valence-corrected chi connectivity index (χ3v) is 6.12. The largest absolute Gasteiger partial charge is 0.506 e. The smallest absolute Gasteiger partial charge is 0.338 e. The zero-order valence-electron chi connectivity index (χ0n) is 16.0. The Bertz CT molecular complexity index is 1290. The van der Waals surface area contributed by atoms with Crippen molar-refractivity contribution < 1.29 is 27.9 Å². The summed E-state index contributed by atoms with van der Waals surface area (Å²) in [6, 6.07) is 15.4. The van der Waals surface area contributed by atoms with E-state index in [1.807, 2.05) is 22.9 Å². The monoisotopic (exact) mass is 426 g/mol. The maximum absolute atomic E-state index is 12.1. The van der Waals surface area contributed by atoms with Crippen LogP contribution in [0.25, 0.3) is 21.9 Å². The quantitative estimate of drug-likeness (QED) is 0.620. The highest BCUT2D eigenvalue weighted by Gasteiger charge is 2.35. The first kappa shape index (κ1) is 19.7. The van der Waals surface area contributed by atoms with E-state index < -0.39 is 28.6 Å². The minimum absolute atomic E-state index is 0.0123. The van der Waals surface area contributed by atoms with Crippen LogP contribution in [0, 0.1) is 0 Å². The molecule has 0 radical (unpaired) electrons. The molecule has 0 spiro atoms. The molecule has 0 atom stereocenters. The molecule has 0 aromatic heterocycles. The molecule has 0 saturated carbocycles. The van der Waals surface area contributed by atoms with E-state index in [0.29, 0.717) is 16.3 Å². The van der Waals surface area contributed by atoms with Gasteiger partial charge in [-0.2, -0.15) is 8.42 Å². The van der Waals surface area contributed by atoms with Crippen molar-refractivity contribution in [3.8, 4) is 16.9 Å². The highest BCUT2D eigenvalue weighted by molar-refractivity contribution is 7.92. The molecule has 9 heteroatoms. The molecule has 30 heavy (non-hydrogen) atoms. The Kier molecular flexibility index (Phi) is 4.83. The Morgan fingerprint density at radius 2 is 1.87 bits per heavy atom. The summed E-state index contributed by atoms with van der Waals surface area (Å²) in [4.78, 5) is 23.5. The number of carbonyl (C=O) groups is 2. The van der Waals surface area contributed by atoms with Crippen molar-refractivity contribution in [2.24, 2.45) is 0 Å². The van der Waals surface area contributed by atoms with Crippen LogP contribution < -0.4 is 9.03 Å². The Morgan fingerprint density at radius 1 is 1.10 bits per heavy atom. The number of hydrogen-bond acceptors (Lipinski definition) is 6. The zero-order chi connectivity index (χ0) is 21.5. The van der Waals surface area contributed by atoms with E-state index in [-0.39, 0.29) is 18.0 Å². The highest BCUT2D eigenvalue weighted by Crippen LogP contribution is 2.36. The molecule has 4 rings (SSSR count). The van der Waals surface area contributed by atoms with Gasteiger partial charge >= 0.3 is 16.2 Å². The minimum Gasteiger partial charge on any atom is -0.506 e. The van der Waals surface area contributed by atoms with Crippen molar-refractivity contribution in [3.05, 3.63) is 60.2 Å². The van der Waals surface area contributed by atoms with Gasteiger partial charge in [0, 0.05) is 0 Å². The van der Waals surface area contributed by atoms with Gasteiger partial charge in [-0.25, -0.2) is 13.8 Å². The Balaban J connectivity index is 1.78. The number of nitrogens with zero attached hydrogens (tertiary/aromatic N) is 1. The number of phenols is 1. The third-order valence-electron chi connectivity index (χ3n) is 4.73. The number of carbonyl (C=O) groups excluding carboxylic acids is 2. The number of ether oxygens (including phenoxy) is 1. The van der Waals surface area contributed by atoms with Crippen LogP contribution in [0.4, 0.5) is 5.69 Å². The van der Waals surface area contributed by atoms with E-state index >= 15 is 0 Å². The van der Waals surface area contributed by atoms with Crippen LogP contribution in [0.2, 0.25) is 0 Å². The summed E-state index contributed by atoms with van der Waals surface area (Å²) in [5.41, 5.74) is 2.01. The molecule has 0 bridgehead atoms. The topological polar surface area (TPSA) is 113 Å². The van der Waals surface area contributed by atoms with Crippen molar-refractivity contribution in [2.75, 3.05) is 17.5 Å². The SMILES string of the molecule is CCOC(=O)c1cccc(-c2ccc3cc(O)c(N4CC(=O)NS4(=O)=O)cc3c2)c1. The van der Waals surface area contributed by atoms with Gasteiger partial charge in [0.25, 0.3) is 5.91 Å². The number of aromatic hydroxyl groups is 1. The molecule has 3 aromatic carbocycles. The normalized spacial score (nSPS) is 15.2. The average Bonchev–Trinajstić information content (AvgIpc) is 2.99. The molecule has 1 saturated heterocycles. The van der Waals surface area contributed by atoms with Crippen LogP contribution in [-0.2, 0) is 19.7 Å². The van der Waals surface area contributed by atoms with E-state index in [4.69, 9.17) is 4.74 Å². The first-order chi connectivity index (χ1) is 14.3. The van der Waals surface area contributed by atoms with Crippen LogP contribution in [-0.4, -0.2) is 38.6 Å². The fourth-order valence-electron chi connectivity index (χ4n) is 3.35. The molecule has 1 fully saturated rings. The van der Waals surface area contributed by atoms with Gasteiger partial charge < -0.3 is 9.84 Å². The number of benzene rings is 3. The van der Waals surface area contributed by atoms with Gasteiger partial charge in [-0.3, -0.25) is 4.79 Å². The van der Waals surface area contributed by atoms with Crippen LogP contribution in [0.1, 0.15) is 17.3 Å². The molecule has 1 amide bonds. The molecular weight excluding hydrogens is 408 g/mol. The van der Waals surface area contributed by atoms with E-state index in [1.165, 1.54) is 12.1 Å². The second-order valence-electron chi connectivity index (χ2n) is 6.74. The molecular formula is C21H18N2O6S. The summed E-state index contributed by atoms with van der Waals surface area (Å²) in [7, 11) is -4.04. The van der Waals surface area contributed by atoms with Crippen LogP contribution in [0.15, 0.2) is 54.6 Å². The summed E-state index contributed by atoms with van der Waals surface area (Å²) >= 11 is 0. The van der Waals surface area contributed by atoms with Crippen molar-refractivity contribution >= 4 is 38.5 Å². The maximum atomic E-state index is 12.1. The number of phenolic OH excluding ortho intramolecular Hbond substituents is 1. The Morgan fingerprint density at radius 3 is 2.57 bits per heavy atom. The number of nitrogens with one attached hydrogen (secondary N) is 1. The summed E-state index contributed by atoms with van der Waals surface area (Å²) in [5, 5.41) is 11.7. The van der Waals surface area contributed by atoms with E-state index in [1.54, 1.807) is 31.2 Å². The number of esters is 1. The van der Waals surface area contributed by atoms with Gasteiger partial charge in [0.1, 0.15) is 12.3 Å². The van der Waals surface area contributed by atoms with E-state index in [0.717, 1.165) is 15.4 Å².